The van der Waals surface area contributed by atoms with Gasteiger partial charge in [-0.15, -0.1) is 0 Å². The van der Waals surface area contributed by atoms with Crippen molar-refractivity contribution in [1.29, 1.82) is 0 Å². The number of nitrogens with zero attached hydrogens (tertiary/aromatic N) is 6. The van der Waals surface area contributed by atoms with Crippen LogP contribution in [0.15, 0.2) is 255 Å². The average molecular weight is 1190 g/mol. The SMILES string of the molecule is CC1(C)OB(c2cccc3c2Oc2ccccc2C32c3ccccc3-c3ccccc32)OC1(C)C.Clc1ncc2ccc3ncccc3c2n1.c1ccc2c(c1)Oc1c(-c3ncc4ccc5ncccc5c4n3)cccc1C21c2ccccc2-c2ccccc21. The highest BCUT2D eigenvalue weighted by molar-refractivity contribution is 6.63. The number of para-hydroxylation sites is 4. The third-order valence-corrected chi connectivity index (χ3v) is 19.3. The summed E-state index contributed by atoms with van der Waals surface area (Å²) in [5.74, 6) is 3.98. The number of halogens is 1. The van der Waals surface area contributed by atoms with E-state index in [2.05, 4.69) is 224 Å². The van der Waals surface area contributed by atoms with Gasteiger partial charge in [-0.05, 0) is 151 Å². The van der Waals surface area contributed by atoms with Gasteiger partial charge in [0.1, 0.15) is 23.0 Å². The first-order chi connectivity index (χ1) is 44.0. The maximum atomic E-state index is 6.79. The van der Waals surface area contributed by atoms with E-state index in [0.717, 1.165) is 99.9 Å². The van der Waals surface area contributed by atoms with Crippen molar-refractivity contribution in [2.75, 3.05) is 0 Å². The molecule has 14 aromatic rings. The van der Waals surface area contributed by atoms with Crippen LogP contribution in [0.3, 0.4) is 0 Å². The minimum atomic E-state index is -0.513. The predicted octanol–water partition coefficient (Wildman–Crippen LogP) is 17.6. The molecule has 2 spiro atoms. The van der Waals surface area contributed by atoms with Crippen LogP contribution in [0.4, 0.5) is 0 Å². The Bertz CT molecular complexity index is 5200. The quantitative estimate of drug-likeness (QED) is 0.0941. The second kappa shape index (κ2) is 20.3. The van der Waals surface area contributed by atoms with Gasteiger partial charge in [0.05, 0.1) is 49.7 Å². The molecule has 0 N–H and O–H groups in total. The molecule has 19 rings (SSSR count). The fraction of sp³-hybridized carbons (Fsp3) is 0.103. The number of fused-ring (bicyclic) bond motifs is 24. The molecule has 0 unspecified atom stereocenters. The maximum Gasteiger partial charge on any atom is 0.498 e. The van der Waals surface area contributed by atoms with E-state index in [1.165, 1.54) is 44.5 Å². The van der Waals surface area contributed by atoms with Crippen LogP contribution in [-0.4, -0.2) is 48.2 Å². The molecule has 90 heavy (non-hydrogen) atoms. The van der Waals surface area contributed by atoms with Crippen molar-refractivity contribution in [3.63, 3.8) is 0 Å². The first kappa shape index (κ1) is 53.8. The molecule has 12 heteroatoms. The Morgan fingerprint density at radius 3 is 1.29 bits per heavy atom. The lowest BCUT2D eigenvalue weighted by atomic mass is 9.64. The van der Waals surface area contributed by atoms with E-state index in [0.29, 0.717) is 5.82 Å². The summed E-state index contributed by atoms with van der Waals surface area (Å²) in [6.45, 7) is 8.35. The molecule has 4 aromatic heterocycles. The van der Waals surface area contributed by atoms with Gasteiger partial charge in [-0.25, -0.2) is 19.9 Å². The predicted molar refractivity (Wildman–Crippen MR) is 357 cm³/mol. The van der Waals surface area contributed by atoms with Crippen molar-refractivity contribution in [1.82, 2.24) is 29.9 Å². The van der Waals surface area contributed by atoms with Gasteiger partial charge in [-0.3, -0.25) is 9.97 Å². The average Bonchev–Trinajstić information content (AvgIpc) is 1.46. The topological polar surface area (TPSA) is 114 Å². The molecular formula is C78H54BClN6O4. The van der Waals surface area contributed by atoms with Crippen LogP contribution in [0.1, 0.15) is 72.2 Å². The lowest BCUT2D eigenvalue weighted by molar-refractivity contribution is 0.00578. The number of aromatic nitrogens is 6. The van der Waals surface area contributed by atoms with Gasteiger partial charge >= 0.3 is 7.12 Å². The van der Waals surface area contributed by atoms with Crippen LogP contribution in [0.2, 0.25) is 5.28 Å². The maximum absolute atomic E-state index is 6.79. The number of benzene rings is 10. The number of hydrogen-bond donors (Lipinski definition) is 0. The molecule has 0 amide bonds. The highest BCUT2D eigenvalue weighted by atomic mass is 35.5. The van der Waals surface area contributed by atoms with E-state index in [1.54, 1.807) is 12.4 Å². The molecule has 1 fully saturated rings. The first-order valence-corrected chi connectivity index (χ1v) is 30.6. The van der Waals surface area contributed by atoms with Crippen molar-refractivity contribution < 1.29 is 18.8 Å². The Labute approximate surface area is 525 Å². The molecular weight excluding hydrogens is 1130 g/mol. The zero-order chi connectivity index (χ0) is 60.5. The highest BCUT2D eigenvalue weighted by Crippen LogP contribution is 2.64. The Hall–Kier alpha value is -10.4. The van der Waals surface area contributed by atoms with Crippen LogP contribution in [0.25, 0.3) is 77.3 Å². The zero-order valence-corrected chi connectivity index (χ0v) is 50.3. The lowest BCUT2D eigenvalue weighted by Crippen LogP contribution is -2.41. The number of pyridine rings is 2. The summed E-state index contributed by atoms with van der Waals surface area (Å²) in [5, 5.41) is 4.23. The van der Waals surface area contributed by atoms with Crippen molar-refractivity contribution in [2.45, 2.75) is 49.7 Å². The second-order valence-corrected chi connectivity index (χ2v) is 24.7. The Morgan fingerprint density at radius 2 is 0.767 bits per heavy atom. The van der Waals surface area contributed by atoms with E-state index in [1.807, 2.05) is 67.0 Å². The van der Waals surface area contributed by atoms with Gasteiger partial charge in [0.15, 0.2) is 5.82 Å². The van der Waals surface area contributed by atoms with Gasteiger partial charge in [0.2, 0.25) is 5.28 Å². The van der Waals surface area contributed by atoms with E-state index in [-0.39, 0.29) is 5.28 Å². The normalized spacial score (nSPS) is 15.6. The highest BCUT2D eigenvalue weighted by Gasteiger charge is 2.56. The van der Waals surface area contributed by atoms with Crippen molar-refractivity contribution >= 4 is 67.8 Å². The summed E-state index contributed by atoms with van der Waals surface area (Å²) in [7, 11) is -0.510. The van der Waals surface area contributed by atoms with Gasteiger partial charge in [-0.1, -0.05) is 164 Å². The van der Waals surface area contributed by atoms with Gasteiger partial charge < -0.3 is 18.8 Å². The van der Waals surface area contributed by atoms with Crippen LogP contribution in [0, 0.1) is 0 Å². The molecule has 0 saturated carbocycles. The van der Waals surface area contributed by atoms with E-state index in [9.17, 15) is 0 Å². The van der Waals surface area contributed by atoms with Gasteiger partial charge in [0.25, 0.3) is 0 Å². The smallest absolute Gasteiger partial charge is 0.457 e. The summed E-state index contributed by atoms with van der Waals surface area (Å²) in [4.78, 5) is 26.9. The van der Waals surface area contributed by atoms with Gasteiger partial charge in [-0.2, -0.15) is 0 Å². The number of ether oxygens (including phenoxy) is 2. The van der Waals surface area contributed by atoms with E-state index in [4.69, 9.17) is 40.4 Å². The standard InChI is InChI=1S/C36H21N3O.C31H27BO3.C11H6ClN3/c1-3-13-27-23(9-1)24-10-2-4-14-28(24)36(27)29-15-5-6-17-32(29)40-34-26(11-7-16-30(34)36)35-38-21-22-18-19-31-25(33(22)39-35)12-8-20-37-31;1-29(2)30(3,4)35-32(34-29)26-18-11-17-25-28(26)33-27-19-10-9-16-24(27)31(25)22-14-7-5-12-20(22)21-13-6-8-15-23(21)31;12-11-14-6-7-3-4-9-8(10(7)15-11)2-1-5-13-9/h1-21H;5-19H,1-4H3;1-6H. The summed E-state index contributed by atoms with van der Waals surface area (Å²) in [5.41, 5.74) is 18.2. The monoisotopic (exact) mass is 1180 g/mol. The van der Waals surface area contributed by atoms with Crippen molar-refractivity contribution in [3.05, 3.63) is 305 Å². The third-order valence-electron chi connectivity index (χ3n) is 19.2. The molecule has 3 aliphatic heterocycles. The minimum absolute atomic E-state index is 0.263. The summed E-state index contributed by atoms with van der Waals surface area (Å²) >= 11 is 5.78. The second-order valence-electron chi connectivity index (χ2n) is 24.4. The zero-order valence-electron chi connectivity index (χ0n) is 49.5. The first-order valence-electron chi connectivity index (χ1n) is 30.3. The minimum Gasteiger partial charge on any atom is -0.457 e. The molecule has 0 atom stereocenters. The van der Waals surface area contributed by atoms with E-state index < -0.39 is 29.2 Å². The summed E-state index contributed by atoms with van der Waals surface area (Å²) in [6, 6.07) is 80.5. The van der Waals surface area contributed by atoms with Crippen LogP contribution >= 0.6 is 11.6 Å². The molecule has 10 nitrogen and oxygen atoms in total. The lowest BCUT2D eigenvalue weighted by Gasteiger charge is -2.40. The summed E-state index contributed by atoms with van der Waals surface area (Å²) < 4.78 is 26.5. The third kappa shape index (κ3) is 7.86. The molecule has 0 radical (unpaired) electrons. The molecule has 7 heterocycles. The molecule has 0 bridgehead atoms. The van der Waals surface area contributed by atoms with Crippen molar-refractivity contribution in [2.24, 2.45) is 0 Å². The number of hydrogen-bond acceptors (Lipinski definition) is 10. The largest absolute Gasteiger partial charge is 0.498 e. The molecule has 5 aliphatic rings. The van der Waals surface area contributed by atoms with Crippen molar-refractivity contribution in [3.8, 4) is 56.6 Å². The Kier molecular flexibility index (Phi) is 12.1. The molecule has 1 saturated heterocycles. The van der Waals surface area contributed by atoms with Crippen LogP contribution in [-0.2, 0) is 20.1 Å². The Balaban J connectivity index is 0.000000114. The molecule has 430 valence electrons. The fourth-order valence-corrected chi connectivity index (χ4v) is 14.6. The fourth-order valence-electron chi connectivity index (χ4n) is 14.5. The van der Waals surface area contributed by atoms with Crippen LogP contribution < -0.4 is 14.9 Å². The number of rotatable bonds is 2. The molecule has 2 aliphatic carbocycles. The van der Waals surface area contributed by atoms with E-state index >= 15 is 0 Å². The Morgan fingerprint density at radius 1 is 0.356 bits per heavy atom. The molecule has 10 aromatic carbocycles. The summed E-state index contributed by atoms with van der Waals surface area (Å²) in [6.07, 6.45) is 7.19. The van der Waals surface area contributed by atoms with Crippen LogP contribution in [0.5, 0.6) is 23.0 Å². The van der Waals surface area contributed by atoms with Gasteiger partial charge in [0, 0.05) is 74.0 Å².